The van der Waals surface area contributed by atoms with Crippen molar-refractivity contribution < 1.29 is 15.0 Å². The van der Waals surface area contributed by atoms with E-state index in [-0.39, 0.29) is 6.10 Å². The van der Waals surface area contributed by atoms with Gasteiger partial charge in [0.2, 0.25) is 0 Å². The highest BCUT2D eigenvalue weighted by molar-refractivity contribution is 5.66. The number of allylic oxidation sites excluding steroid dienone is 3. The molecule has 21 heavy (non-hydrogen) atoms. The van der Waals surface area contributed by atoms with Crippen LogP contribution in [0.3, 0.4) is 0 Å². The fourth-order valence-electron chi connectivity index (χ4n) is 2.13. The number of carboxylic acids is 1. The third kappa shape index (κ3) is 16.9. The molecule has 0 saturated carbocycles. The largest absolute Gasteiger partial charge is 0.481 e. The molecule has 0 aromatic carbocycles. The maximum Gasteiger partial charge on any atom is 0.303 e. The van der Waals surface area contributed by atoms with E-state index in [0.717, 1.165) is 51.4 Å². The summed E-state index contributed by atoms with van der Waals surface area (Å²) < 4.78 is 0. The molecule has 0 spiro atoms. The predicted molar refractivity (Wildman–Crippen MR) is 88.4 cm³/mol. The van der Waals surface area contributed by atoms with E-state index in [0.29, 0.717) is 6.42 Å². The van der Waals surface area contributed by atoms with E-state index in [4.69, 9.17) is 5.11 Å². The summed E-state index contributed by atoms with van der Waals surface area (Å²) in [4.78, 5) is 10.3. The van der Waals surface area contributed by atoms with Crippen LogP contribution in [0, 0.1) is 0 Å². The molecule has 0 heterocycles. The van der Waals surface area contributed by atoms with Gasteiger partial charge in [-0.05, 0) is 44.9 Å². The molecule has 0 aromatic rings. The first kappa shape index (κ1) is 19.9. The summed E-state index contributed by atoms with van der Waals surface area (Å²) in [6, 6.07) is 0. The van der Waals surface area contributed by atoms with Gasteiger partial charge in [0.15, 0.2) is 0 Å². The summed E-state index contributed by atoms with van der Waals surface area (Å²) in [5, 5.41) is 18.2. The molecule has 1 atom stereocenters. The summed E-state index contributed by atoms with van der Waals surface area (Å²) in [5.41, 5.74) is 0. The molecular weight excluding hydrogens is 264 g/mol. The lowest BCUT2D eigenvalue weighted by atomic mass is 10.1. The number of hydrogen-bond acceptors (Lipinski definition) is 2. The second-order valence-electron chi connectivity index (χ2n) is 5.52. The Morgan fingerprint density at radius 3 is 2.33 bits per heavy atom. The average molecular weight is 296 g/mol. The Kier molecular flexibility index (Phi) is 14.5. The van der Waals surface area contributed by atoms with Crippen LogP contribution in [0.2, 0.25) is 0 Å². The maximum atomic E-state index is 10.3. The average Bonchev–Trinajstić information content (AvgIpc) is 2.44. The molecule has 0 bridgehead atoms. The van der Waals surface area contributed by atoms with Gasteiger partial charge in [0.05, 0.1) is 6.10 Å². The third-order valence-corrected chi connectivity index (χ3v) is 3.41. The molecule has 3 heteroatoms. The molecule has 0 aliphatic rings. The van der Waals surface area contributed by atoms with Crippen molar-refractivity contribution >= 4 is 5.97 Å². The van der Waals surface area contributed by atoms with Gasteiger partial charge in [0, 0.05) is 6.42 Å². The molecule has 0 aliphatic carbocycles. The molecule has 0 radical (unpaired) electrons. The topological polar surface area (TPSA) is 57.5 Å². The van der Waals surface area contributed by atoms with Gasteiger partial charge >= 0.3 is 5.97 Å². The lowest BCUT2D eigenvalue weighted by Crippen LogP contribution is -2.03. The van der Waals surface area contributed by atoms with Gasteiger partial charge in [0.25, 0.3) is 0 Å². The predicted octanol–water partition coefficient (Wildman–Crippen LogP) is 4.86. The van der Waals surface area contributed by atoms with Gasteiger partial charge in [-0.2, -0.15) is 0 Å². The van der Waals surface area contributed by atoms with Crippen molar-refractivity contribution in [2.75, 3.05) is 0 Å². The Morgan fingerprint density at radius 2 is 1.62 bits per heavy atom. The zero-order valence-electron chi connectivity index (χ0n) is 13.5. The first-order chi connectivity index (χ1) is 10.2. The zero-order valence-corrected chi connectivity index (χ0v) is 13.5. The second-order valence-corrected chi connectivity index (χ2v) is 5.52. The molecule has 122 valence electrons. The van der Waals surface area contributed by atoms with Crippen LogP contribution in [-0.4, -0.2) is 22.3 Å². The van der Waals surface area contributed by atoms with Crippen molar-refractivity contribution in [3.05, 3.63) is 24.3 Å². The third-order valence-electron chi connectivity index (χ3n) is 3.41. The molecule has 0 aliphatic heterocycles. The minimum absolute atomic E-state index is 0.216. The molecule has 0 amide bonds. The van der Waals surface area contributed by atoms with Gasteiger partial charge in [-0.1, -0.05) is 50.5 Å². The van der Waals surface area contributed by atoms with Gasteiger partial charge < -0.3 is 10.2 Å². The van der Waals surface area contributed by atoms with E-state index in [1.807, 2.05) is 0 Å². The minimum Gasteiger partial charge on any atom is -0.481 e. The van der Waals surface area contributed by atoms with E-state index < -0.39 is 5.97 Å². The molecule has 3 nitrogen and oxygen atoms in total. The van der Waals surface area contributed by atoms with Gasteiger partial charge in [0.1, 0.15) is 0 Å². The van der Waals surface area contributed by atoms with E-state index in [1.54, 1.807) is 0 Å². The quantitative estimate of drug-likeness (QED) is 0.355. The lowest BCUT2D eigenvalue weighted by molar-refractivity contribution is -0.137. The molecule has 0 fully saturated rings. The SMILES string of the molecule is CC/C=C\CC(O)CC/C=C\CCCCCCCC(=O)O. The van der Waals surface area contributed by atoms with Crippen LogP contribution >= 0.6 is 0 Å². The maximum absolute atomic E-state index is 10.3. The number of hydrogen-bond donors (Lipinski definition) is 2. The van der Waals surface area contributed by atoms with Crippen molar-refractivity contribution in [2.45, 2.75) is 83.7 Å². The van der Waals surface area contributed by atoms with Gasteiger partial charge in [-0.25, -0.2) is 0 Å². The first-order valence-electron chi connectivity index (χ1n) is 8.36. The van der Waals surface area contributed by atoms with Crippen LogP contribution in [0.4, 0.5) is 0 Å². The summed E-state index contributed by atoms with van der Waals surface area (Å²) in [5.74, 6) is -0.690. The number of aliphatic carboxylic acids is 1. The number of carbonyl (C=O) groups is 1. The lowest BCUT2D eigenvalue weighted by Gasteiger charge is -2.04. The highest BCUT2D eigenvalue weighted by atomic mass is 16.4. The molecule has 0 saturated heterocycles. The smallest absolute Gasteiger partial charge is 0.303 e. The van der Waals surface area contributed by atoms with E-state index in [9.17, 15) is 9.90 Å². The summed E-state index contributed by atoms with van der Waals surface area (Å²) >= 11 is 0. The van der Waals surface area contributed by atoms with E-state index >= 15 is 0 Å². The van der Waals surface area contributed by atoms with E-state index in [1.165, 1.54) is 12.8 Å². The van der Waals surface area contributed by atoms with Crippen LogP contribution < -0.4 is 0 Å². The fraction of sp³-hybridized carbons (Fsp3) is 0.722. The van der Waals surface area contributed by atoms with Crippen molar-refractivity contribution in [3.63, 3.8) is 0 Å². The van der Waals surface area contributed by atoms with Crippen LogP contribution in [-0.2, 0) is 4.79 Å². The summed E-state index contributed by atoms with van der Waals surface area (Å²) in [6.45, 7) is 2.10. The first-order valence-corrected chi connectivity index (χ1v) is 8.36. The van der Waals surface area contributed by atoms with Gasteiger partial charge in [-0.3, -0.25) is 4.79 Å². The summed E-state index contributed by atoms with van der Waals surface area (Å²) in [6.07, 6.45) is 18.6. The molecule has 0 rings (SSSR count). The molecule has 2 N–H and O–H groups in total. The van der Waals surface area contributed by atoms with Crippen LogP contribution in [0.1, 0.15) is 77.6 Å². The Hall–Kier alpha value is -1.09. The normalized spacial score (nSPS) is 13.2. The number of aliphatic hydroxyl groups excluding tert-OH is 1. The fourth-order valence-corrected chi connectivity index (χ4v) is 2.13. The Labute approximate surface area is 129 Å². The number of rotatable bonds is 14. The number of unbranched alkanes of at least 4 members (excludes halogenated alkanes) is 5. The minimum atomic E-state index is -0.690. The van der Waals surface area contributed by atoms with Crippen LogP contribution in [0.15, 0.2) is 24.3 Å². The van der Waals surface area contributed by atoms with Gasteiger partial charge in [-0.15, -0.1) is 0 Å². The monoisotopic (exact) mass is 296 g/mol. The second kappa shape index (κ2) is 15.3. The van der Waals surface area contributed by atoms with Crippen molar-refractivity contribution in [3.8, 4) is 0 Å². The summed E-state index contributed by atoms with van der Waals surface area (Å²) in [7, 11) is 0. The van der Waals surface area contributed by atoms with Crippen molar-refractivity contribution in [1.82, 2.24) is 0 Å². The Morgan fingerprint density at radius 1 is 0.952 bits per heavy atom. The molecular formula is C18H32O3. The number of aliphatic hydroxyl groups is 1. The molecule has 0 aromatic heterocycles. The Bertz CT molecular complexity index is 295. The van der Waals surface area contributed by atoms with Crippen LogP contribution in [0.25, 0.3) is 0 Å². The van der Waals surface area contributed by atoms with Crippen molar-refractivity contribution in [2.24, 2.45) is 0 Å². The Balaban J connectivity index is 3.29. The molecule has 1 unspecified atom stereocenters. The zero-order chi connectivity index (χ0) is 15.8. The highest BCUT2D eigenvalue weighted by Crippen LogP contribution is 2.09. The number of carboxylic acid groups (broad SMARTS) is 1. The highest BCUT2D eigenvalue weighted by Gasteiger charge is 1.99. The standard InChI is InChI=1S/C18H32O3/c1-2-3-11-14-17(19)15-12-9-7-5-4-6-8-10-13-16-18(20)21/h3,7,9,11,17,19H,2,4-6,8,10,12-16H2,1H3,(H,20,21)/b9-7-,11-3-. The van der Waals surface area contributed by atoms with Crippen molar-refractivity contribution in [1.29, 1.82) is 0 Å². The van der Waals surface area contributed by atoms with E-state index in [2.05, 4.69) is 31.2 Å². The van der Waals surface area contributed by atoms with Crippen LogP contribution in [0.5, 0.6) is 0 Å².